The lowest BCUT2D eigenvalue weighted by atomic mass is 10.3. The summed E-state index contributed by atoms with van der Waals surface area (Å²) in [5.41, 5.74) is 5.73. The molecule has 0 saturated carbocycles. The van der Waals surface area contributed by atoms with Crippen molar-refractivity contribution in [3.05, 3.63) is 54.6 Å². The summed E-state index contributed by atoms with van der Waals surface area (Å²) in [4.78, 5) is 3.99. The van der Waals surface area contributed by atoms with E-state index in [-0.39, 0.29) is 54.5 Å². The maximum Gasteiger partial charge on any atom is 0.573 e. The third-order valence-electron chi connectivity index (χ3n) is 2.76. The van der Waals surface area contributed by atoms with Crippen molar-refractivity contribution in [3.63, 3.8) is 0 Å². The third kappa shape index (κ3) is 7.96. The fourth-order valence-corrected chi connectivity index (χ4v) is 1.81. The van der Waals surface area contributed by atoms with Crippen molar-refractivity contribution >= 4 is 35.6 Å². The highest BCUT2D eigenvalue weighted by Gasteiger charge is 2.32. The van der Waals surface area contributed by atoms with E-state index in [2.05, 4.69) is 15.0 Å². The predicted molar refractivity (Wildman–Crippen MR) is 101 cm³/mol. The van der Waals surface area contributed by atoms with E-state index in [1.165, 1.54) is 18.2 Å². The maximum atomic E-state index is 12.3. The zero-order chi connectivity index (χ0) is 17.4. The van der Waals surface area contributed by atoms with Gasteiger partial charge >= 0.3 is 6.36 Å². The van der Waals surface area contributed by atoms with Crippen LogP contribution in [0, 0.1) is 0 Å². The molecule has 0 unspecified atom stereocenters. The van der Waals surface area contributed by atoms with Gasteiger partial charge in [0.1, 0.15) is 12.4 Å². The van der Waals surface area contributed by atoms with Gasteiger partial charge in [0.2, 0.25) is 0 Å². The SMILES string of the molecule is I.NC(=NCCOc1ccccc1)Nc1ccccc1OC(F)(F)F. The molecule has 0 aliphatic rings. The number of nitrogens with zero attached hydrogens (tertiary/aromatic N) is 1. The molecule has 0 fully saturated rings. The number of halogens is 4. The van der Waals surface area contributed by atoms with Crippen molar-refractivity contribution in [2.45, 2.75) is 6.36 Å². The fourth-order valence-electron chi connectivity index (χ4n) is 1.81. The van der Waals surface area contributed by atoms with E-state index < -0.39 is 6.36 Å². The summed E-state index contributed by atoms with van der Waals surface area (Å²) < 4.78 is 46.4. The van der Waals surface area contributed by atoms with E-state index in [4.69, 9.17) is 10.5 Å². The molecule has 0 radical (unpaired) electrons. The molecule has 0 heterocycles. The van der Waals surface area contributed by atoms with E-state index in [9.17, 15) is 13.2 Å². The zero-order valence-electron chi connectivity index (χ0n) is 13.0. The molecule has 0 saturated heterocycles. The van der Waals surface area contributed by atoms with E-state index in [1.54, 1.807) is 18.2 Å². The molecule has 9 heteroatoms. The molecule has 0 spiro atoms. The first kappa shape index (κ1) is 20.9. The van der Waals surface area contributed by atoms with Gasteiger partial charge in [0.15, 0.2) is 11.7 Å². The first-order valence-electron chi connectivity index (χ1n) is 7.03. The van der Waals surface area contributed by atoms with Crippen LogP contribution >= 0.6 is 24.0 Å². The van der Waals surface area contributed by atoms with E-state index in [0.29, 0.717) is 5.75 Å². The standard InChI is InChI=1S/C16H16F3N3O2.HI/c17-16(18,19)24-14-9-5-4-8-13(14)22-15(20)21-10-11-23-12-6-2-1-3-7-12;/h1-9H,10-11H2,(H3,20,21,22);1H. The summed E-state index contributed by atoms with van der Waals surface area (Å²) in [7, 11) is 0. The first-order valence-corrected chi connectivity index (χ1v) is 7.03. The lowest BCUT2D eigenvalue weighted by Gasteiger charge is -2.14. The van der Waals surface area contributed by atoms with Gasteiger partial charge in [-0.2, -0.15) is 0 Å². The minimum atomic E-state index is -4.78. The quantitative estimate of drug-likeness (QED) is 0.292. The number of benzene rings is 2. The monoisotopic (exact) mass is 467 g/mol. The van der Waals surface area contributed by atoms with Gasteiger partial charge in [0.05, 0.1) is 12.2 Å². The molecule has 0 aliphatic carbocycles. The second kappa shape index (κ2) is 9.97. The van der Waals surface area contributed by atoms with Crippen molar-refractivity contribution in [1.82, 2.24) is 0 Å². The molecule has 5 nitrogen and oxygen atoms in total. The molecule has 0 bridgehead atoms. The molecule has 136 valence electrons. The topological polar surface area (TPSA) is 68.9 Å². The van der Waals surface area contributed by atoms with Crippen molar-refractivity contribution in [2.75, 3.05) is 18.5 Å². The Morgan fingerprint density at radius 2 is 1.68 bits per heavy atom. The lowest BCUT2D eigenvalue weighted by molar-refractivity contribution is -0.274. The fraction of sp³-hybridized carbons (Fsp3) is 0.188. The number of ether oxygens (including phenoxy) is 2. The minimum absolute atomic E-state index is 0. The number of aliphatic imine (C=N–C) groups is 1. The second-order valence-corrected chi connectivity index (χ2v) is 4.60. The summed E-state index contributed by atoms with van der Waals surface area (Å²) in [6.07, 6.45) is -4.78. The third-order valence-corrected chi connectivity index (χ3v) is 2.76. The Kier molecular flexibility index (Phi) is 8.32. The Hall–Kier alpha value is -2.17. The van der Waals surface area contributed by atoms with Crippen LogP contribution in [0.2, 0.25) is 0 Å². The van der Waals surface area contributed by atoms with E-state index in [0.717, 1.165) is 0 Å². The van der Waals surface area contributed by atoms with Gasteiger partial charge in [0.25, 0.3) is 0 Å². The number of hydrogen-bond acceptors (Lipinski definition) is 3. The number of anilines is 1. The minimum Gasteiger partial charge on any atom is -0.492 e. The zero-order valence-corrected chi connectivity index (χ0v) is 15.3. The molecule has 3 N–H and O–H groups in total. The summed E-state index contributed by atoms with van der Waals surface area (Å²) in [6.45, 7) is 0.531. The number of alkyl halides is 3. The van der Waals surface area contributed by atoms with Gasteiger partial charge < -0.3 is 20.5 Å². The molecule has 25 heavy (non-hydrogen) atoms. The molecule has 0 amide bonds. The maximum absolute atomic E-state index is 12.3. The van der Waals surface area contributed by atoms with Crippen LogP contribution in [-0.2, 0) is 0 Å². The van der Waals surface area contributed by atoms with Gasteiger partial charge in [-0.15, -0.1) is 37.1 Å². The summed E-state index contributed by atoms with van der Waals surface area (Å²) in [5, 5.41) is 2.58. The lowest BCUT2D eigenvalue weighted by Crippen LogP contribution is -2.25. The normalized spacial score (nSPS) is 11.4. The molecule has 0 aromatic heterocycles. The number of para-hydroxylation sites is 3. The Morgan fingerprint density at radius 1 is 1.04 bits per heavy atom. The average Bonchev–Trinajstić information content (AvgIpc) is 2.53. The molecule has 2 aromatic carbocycles. The number of hydrogen-bond donors (Lipinski definition) is 2. The molecular formula is C16H17F3IN3O2. The van der Waals surface area contributed by atoms with E-state index in [1.807, 2.05) is 18.2 Å². The van der Waals surface area contributed by atoms with Crippen LogP contribution in [0.4, 0.5) is 18.9 Å². The largest absolute Gasteiger partial charge is 0.573 e. The van der Waals surface area contributed by atoms with Crippen molar-refractivity contribution in [1.29, 1.82) is 0 Å². The summed E-state index contributed by atoms with van der Waals surface area (Å²) in [6, 6.07) is 14.7. The Bertz CT molecular complexity index is 682. The highest BCUT2D eigenvalue weighted by molar-refractivity contribution is 14.0. The van der Waals surface area contributed by atoms with Crippen LogP contribution in [0.5, 0.6) is 11.5 Å². The second-order valence-electron chi connectivity index (χ2n) is 4.60. The molecule has 2 rings (SSSR count). The van der Waals surface area contributed by atoms with Crippen LogP contribution in [0.1, 0.15) is 0 Å². The smallest absolute Gasteiger partial charge is 0.492 e. The Morgan fingerprint density at radius 3 is 2.36 bits per heavy atom. The highest BCUT2D eigenvalue weighted by atomic mass is 127. The van der Waals surface area contributed by atoms with Gasteiger partial charge in [-0.25, -0.2) is 4.99 Å². The Labute approximate surface area is 160 Å². The van der Waals surface area contributed by atoms with Crippen molar-refractivity contribution in [2.24, 2.45) is 10.7 Å². The van der Waals surface area contributed by atoms with Gasteiger partial charge in [-0.05, 0) is 24.3 Å². The molecule has 0 atom stereocenters. The van der Waals surface area contributed by atoms with Crippen LogP contribution in [-0.4, -0.2) is 25.5 Å². The molecular weight excluding hydrogens is 450 g/mol. The summed E-state index contributed by atoms with van der Waals surface area (Å²) in [5.74, 6) is 0.275. The number of nitrogens with two attached hydrogens (primary N) is 1. The predicted octanol–water partition coefficient (Wildman–Crippen LogP) is 4.01. The van der Waals surface area contributed by atoms with Crippen LogP contribution in [0.3, 0.4) is 0 Å². The molecule has 2 aromatic rings. The number of rotatable bonds is 6. The molecule has 0 aliphatic heterocycles. The van der Waals surface area contributed by atoms with Crippen LogP contribution in [0.25, 0.3) is 0 Å². The average molecular weight is 467 g/mol. The van der Waals surface area contributed by atoms with Gasteiger partial charge in [-0.1, -0.05) is 30.3 Å². The van der Waals surface area contributed by atoms with Gasteiger partial charge in [0, 0.05) is 0 Å². The summed E-state index contributed by atoms with van der Waals surface area (Å²) >= 11 is 0. The van der Waals surface area contributed by atoms with Crippen LogP contribution in [0.15, 0.2) is 59.6 Å². The van der Waals surface area contributed by atoms with Crippen molar-refractivity contribution in [3.8, 4) is 11.5 Å². The van der Waals surface area contributed by atoms with Crippen molar-refractivity contribution < 1.29 is 22.6 Å². The Balaban J connectivity index is 0.00000312. The van der Waals surface area contributed by atoms with E-state index >= 15 is 0 Å². The highest BCUT2D eigenvalue weighted by Crippen LogP contribution is 2.29. The van der Waals surface area contributed by atoms with Crippen LogP contribution < -0.4 is 20.5 Å². The van der Waals surface area contributed by atoms with Gasteiger partial charge in [-0.3, -0.25) is 0 Å². The first-order chi connectivity index (χ1) is 11.4. The number of nitrogens with one attached hydrogen (secondary N) is 1. The number of guanidine groups is 1.